The van der Waals surface area contributed by atoms with Crippen molar-refractivity contribution in [1.82, 2.24) is 0 Å². The second kappa shape index (κ2) is 7.98. The van der Waals surface area contributed by atoms with E-state index in [0.717, 1.165) is 27.1 Å². The van der Waals surface area contributed by atoms with E-state index in [1.54, 1.807) is 0 Å². The van der Waals surface area contributed by atoms with Crippen molar-refractivity contribution in [3.05, 3.63) is 70.1 Å². The number of benzene rings is 3. The van der Waals surface area contributed by atoms with Gasteiger partial charge in [0, 0.05) is 10.8 Å². The van der Waals surface area contributed by atoms with Gasteiger partial charge in [-0.3, -0.25) is 0 Å². The molecule has 0 aliphatic carbocycles. The number of rotatable bonds is 0. The van der Waals surface area contributed by atoms with Crippen molar-refractivity contribution in [2.24, 2.45) is 0 Å². The molecule has 0 amide bonds. The highest BCUT2D eigenvalue weighted by Crippen LogP contribution is 2.28. The van der Waals surface area contributed by atoms with E-state index in [0.29, 0.717) is 11.0 Å². The van der Waals surface area contributed by atoms with E-state index in [1.807, 2.05) is 58.9 Å². The summed E-state index contributed by atoms with van der Waals surface area (Å²) < 4.78 is 5.48. The van der Waals surface area contributed by atoms with Crippen LogP contribution in [0, 0.1) is 13.8 Å². The summed E-state index contributed by atoms with van der Waals surface area (Å²) in [4.78, 5) is 12.3. The highest BCUT2D eigenvalue weighted by molar-refractivity contribution is 6.09. The first-order valence-electron chi connectivity index (χ1n) is 8.99. The van der Waals surface area contributed by atoms with Crippen LogP contribution >= 0.6 is 0 Å². The lowest BCUT2D eigenvalue weighted by Crippen LogP contribution is -2.00. The van der Waals surface area contributed by atoms with Crippen LogP contribution in [-0.4, -0.2) is 0 Å². The van der Waals surface area contributed by atoms with Gasteiger partial charge >= 0.3 is 5.63 Å². The highest BCUT2D eigenvalue weighted by Gasteiger charge is 2.09. The molecule has 0 atom stereocenters. The first-order chi connectivity index (χ1) is 12.1. The van der Waals surface area contributed by atoms with Crippen LogP contribution in [0.3, 0.4) is 0 Å². The smallest absolute Gasteiger partial charge is 0.344 e. The van der Waals surface area contributed by atoms with Crippen LogP contribution in [0.1, 0.15) is 38.8 Å². The molecule has 25 heavy (non-hydrogen) atoms. The van der Waals surface area contributed by atoms with Gasteiger partial charge in [-0.1, -0.05) is 63.6 Å². The number of hydrogen-bond donors (Lipinski definition) is 0. The largest absolute Gasteiger partial charge is 0.422 e. The Bertz CT molecular complexity index is 1070. The molecule has 0 N–H and O–H groups in total. The summed E-state index contributed by atoms with van der Waals surface area (Å²) in [5.74, 6) is 0. The molecule has 0 aliphatic heterocycles. The van der Waals surface area contributed by atoms with Crippen LogP contribution in [0.25, 0.3) is 32.5 Å². The summed E-state index contributed by atoms with van der Waals surface area (Å²) in [6.07, 6.45) is 0. The summed E-state index contributed by atoms with van der Waals surface area (Å²) >= 11 is 0. The van der Waals surface area contributed by atoms with Crippen LogP contribution in [0.5, 0.6) is 0 Å². The van der Waals surface area contributed by atoms with E-state index in [-0.39, 0.29) is 5.63 Å². The van der Waals surface area contributed by atoms with Gasteiger partial charge in [-0.05, 0) is 48.4 Å². The van der Waals surface area contributed by atoms with Gasteiger partial charge in [-0.2, -0.15) is 0 Å². The zero-order valence-electron chi connectivity index (χ0n) is 15.9. The van der Waals surface area contributed by atoms with Gasteiger partial charge in [0.1, 0.15) is 5.58 Å². The molecule has 3 aromatic carbocycles. The molecule has 2 nitrogen and oxygen atoms in total. The molecular formula is C23H26O2. The Morgan fingerprint density at radius 2 is 1.24 bits per heavy atom. The molecule has 0 aliphatic rings. The van der Waals surface area contributed by atoms with Gasteiger partial charge in [-0.15, -0.1) is 0 Å². The Morgan fingerprint density at radius 1 is 0.640 bits per heavy atom. The fourth-order valence-electron chi connectivity index (χ4n) is 2.90. The highest BCUT2D eigenvalue weighted by atomic mass is 16.4. The van der Waals surface area contributed by atoms with Crippen molar-refractivity contribution in [2.45, 2.75) is 41.5 Å². The topological polar surface area (TPSA) is 30.2 Å². The van der Waals surface area contributed by atoms with Crippen molar-refractivity contribution in [1.29, 1.82) is 0 Å². The van der Waals surface area contributed by atoms with Crippen molar-refractivity contribution < 1.29 is 4.42 Å². The van der Waals surface area contributed by atoms with Gasteiger partial charge in [-0.25, -0.2) is 4.79 Å². The molecule has 1 heterocycles. The minimum atomic E-state index is -0.272. The van der Waals surface area contributed by atoms with Gasteiger partial charge in [0.05, 0.1) is 5.39 Å². The second-order valence-electron chi connectivity index (χ2n) is 5.64. The lowest BCUT2D eigenvalue weighted by molar-refractivity contribution is 0.569. The van der Waals surface area contributed by atoms with E-state index < -0.39 is 0 Å². The molecule has 0 unspecified atom stereocenters. The lowest BCUT2D eigenvalue weighted by atomic mass is 10.0. The fourth-order valence-corrected chi connectivity index (χ4v) is 2.90. The van der Waals surface area contributed by atoms with E-state index in [4.69, 9.17) is 4.42 Å². The lowest BCUT2D eigenvalue weighted by Gasteiger charge is -2.06. The molecule has 1 aromatic heterocycles. The average molecular weight is 334 g/mol. The predicted molar refractivity (Wildman–Crippen MR) is 110 cm³/mol. The maximum absolute atomic E-state index is 12.3. The van der Waals surface area contributed by atoms with Crippen LogP contribution < -0.4 is 5.63 Å². The molecular weight excluding hydrogens is 308 g/mol. The molecule has 0 fully saturated rings. The maximum atomic E-state index is 12.3. The number of fused-ring (bicyclic) bond motifs is 4. The molecule has 4 rings (SSSR count). The van der Waals surface area contributed by atoms with E-state index in [2.05, 4.69) is 31.2 Å². The summed E-state index contributed by atoms with van der Waals surface area (Å²) in [5, 5.41) is 4.79. The first kappa shape index (κ1) is 18.7. The molecule has 0 saturated heterocycles. The number of hydrogen-bond acceptors (Lipinski definition) is 2. The van der Waals surface area contributed by atoms with Crippen molar-refractivity contribution >= 4 is 32.5 Å². The third kappa shape index (κ3) is 3.58. The predicted octanol–water partition coefficient (Wildman–Crippen LogP) is 6.77. The normalized spacial score (nSPS) is 10.2. The monoisotopic (exact) mass is 334 g/mol. The van der Waals surface area contributed by atoms with Crippen molar-refractivity contribution in [3.8, 4) is 0 Å². The Labute approximate surface area is 149 Å². The minimum absolute atomic E-state index is 0.272. The zero-order chi connectivity index (χ0) is 18.6. The van der Waals surface area contributed by atoms with Gasteiger partial charge < -0.3 is 4.42 Å². The molecule has 0 radical (unpaired) electrons. The number of aryl methyl sites for hydroxylation is 2. The SMILES string of the molecule is CC.CC.Cc1ccc2cc3c(cc2c1)c(=O)oc1cc(C)ccc13. The Balaban J connectivity index is 0.000000528. The van der Waals surface area contributed by atoms with Gasteiger partial charge in [0.25, 0.3) is 0 Å². The third-order valence-electron chi connectivity index (χ3n) is 3.98. The molecule has 4 aromatic rings. The molecule has 130 valence electrons. The van der Waals surface area contributed by atoms with Crippen LogP contribution in [0.2, 0.25) is 0 Å². The quantitative estimate of drug-likeness (QED) is 0.202. The zero-order valence-corrected chi connectivity index (χ0v) is 15.9. The minimum Gasteiger partial charge on any atom is -0.422 e. The van der Waals surface area contributed by atoms with Gasteiger partial charge in [0.2, 0.25) is 0 Å². The molecule has 2 heteroatoms. The maximum Gasteiger partial charge on any atom is 0.344 e. The summed E-state index contributed by atoms with van der Waals surface area (Å²) in [6.45, 7) is 12.0. The Kier molecular flexibility index (Phi) is 5.97. The molecule has 0 saturated carbocycles. The summed E-state index contributed by atoms with van der Waals surface area (Å²) in [5.41, 5.74) is 2.65. The fraction of sp³-hybridized carbons (Fsp3) is 0.261. The van der Waals surface area contributed by atoms with Crippen molar-refractivity contribution in [3.63, 3.8) is 0 Å². The van der Waals surface area contributed by atoms with Crippen molar-refractivity contribution in [2.75, 3.05) is 0 Å². The molecule has 0 spiro atoms. The van der Waals surface area contributed by atoms with E-state index in [9.17, 15) is 4.79 Å². The second-order valence-corrected chi connectivity index (χ2v) is 5.64. The summed E-state index contributed by atoms with van der Waals surface area (Å²) in [6, 6.07) is 16.3. The van der Waals surface area contributed by atoms with E-state index in [1.165, 1.54) is 5.56 Å². The van der Waals surface area contributed by atoms with E-state index >= 15 is 0 Å². The summed E-state index contributed by atoms with van der Waals surface area (Å²) in [7, 11) is 0. The van der Waals surface area contributed by atoms with Crippen LogP contribution in [-0.2, 0) is 0 Å². The van der Waals surface area contributed by atoms with Gasteiger partial charge in [0.15, 0.2) is 0 Å². The Hall–Kier alpha value is -2.61. The third-order valence-corrected chi connectivity index (χ3v) is 3.98. The Morgan fingerprint density at radius 3 is 1.96 bits per heavy atom. The first-order valence-corrected chi connectivity index (χ1v) is 8.99. The molecule has 0 bridgehead atoms. The van der Waals surface area contributed by atoms with Crippen LogP contribution in [0.15, 0.2) is 57.7 Å². The standard InChI is InChI=1S/C19H14O2.2C2H6/c1-11-3-5-13-9-16-15-6-4-12(2)8-18(15)21-19(20)17(16)10-14(13)7-11;2*1-2/h3-10H,1-2H3;2*1-2H3. The average Bonchev–Trinajstić information content (AvgIpc) is 2.64. The van der Waals surface area contributed by atoms with Crippen LogP contribution in [0.4, 0.5) is 0 Å².